The van der Waals surface area contributed by atoms with Crippen molar-refractivity contribution in [1.29, 1.82) is 0 Å². The maximum Gasteiger partial charge on any atom is 0.418 e. The Kier molecular flexibility index (Phi) is 5.08. The molecule has 0 bridgehead atoms. The van der Waals surface area contributed by atoms with Gasteiger partial charge in [0.1, 0.15) is 7.92 Å². The molecule has 0 saturated heterocycles. The SMILES string of the molecule is Cl.FC(F)(F)P(c1ccccc1)C(F)(F)F. The highest BCUT2D eigenvalue weighted by molar-refractivity contribution is 7.67. The third-order valence-electron chi connectivity index (χ3n) is 1.52. The summed E-state index contributed by atoms with van der Waals surface area (Å²) in [6.07, 6.45) is 0. The molecule has 1 aromatic rings. The van der Waals surface area contributed by atoms with Gasteiger partial charge in [-0.2, -0.15) is 26.3 Å². The van der Waals surface area contributed by atoms with Crippen molar-refractivity contribution < 1.29 is 26.3 Å². The number of hydrogen-bond acceptors (Lipinski definition) is 0. The summed E-state index contributed by atoms with van der Waals surface area (Å²) in [5.74, 6) is -10.5. The van der Waals surface area contributed by atoms with E-state index in [0.717, 1.165) is 24.3 Å². The Morgan fingerprint density at radius 2 is 1.12 bits per heavy atom. The minimum absolute atomic E-state index is 0. The first-order valence-corrected chi connectivity index (χ1v) is 5.06. The number of benzene rings is 1. The lowest BCUT2D eigenvalue weighted by atomic mass is 10.4. The molecule has 0 radical (unpaired) electrons. The highest BCUT2D eigenvalue weighted by Gasteiger charge is 2.57. The van der Waals surface area contributed by atoms with Gasteiger partial charge in [0, 0.05) is 0 Å². The summed E-state index contributed by atoms with van der Waals surface area (Å²) in [4.78, 5) is 0. The molecule has 92 valence electrons. The molecule has 0 aromatic heterocycles. The van der Waals surface area contributed by atoms with Crippen molar-refractivity contribution in [3.8, 4) is 0 Å². The number of hydrogen-bond donors (Lipinski definition) is 0. The van der Waals surface area contributed by atoms with Gasteiger partial charge in [-0.3, -0.25) is 0 Å². The van der Waals surface area contributed by atoms with E-state index in [9.17, 15) is 26.3 Å². The van der Waals surface area contributed by atoms with Crippen LogP contribution in [-0.4, -0.2) is 11.8 Å². The molecule has 0 aliphatic carbocycles. The van der Waals surface area contributed by atoms with E-state index in [1.165, 1.54) is 6.07 Å². The van der Waals surface area contributed by atoms with Crippen molar-refractivity contribution >= 4 is 25.6 Å². The molecule has 1 rings (SSSR count). The number of alkyl halides is 6. The van der Waals surface area contributed by atoms with Crippen LogP contribution in [0, 0.1) is 0 Å². The van der Waals surface area contributed by atoms with Crippen molar-refractivity contribution in [1.82, 2.24) is 0 Å². The normalized spacial score (nSPS) is 12.4. The first kappa shape index (κ1) is 15.5. The van der Waals surface area contributed by atoms with Crippen LogP contribution in [0.3, 0.4) is 0 Å². The molecule has 0 aliphatic rings. The second kappa shape index (κ2) is 5.23. The summed E-state index contributed by atoms with van der Waals surface area (Å²) in [5, 5.41) is -0.729. The zero-order chi connectivity index (χ0) is 11.7. The van der Waals surface area contributed by atoms with E-state index >= 15 is 0 Å². The van der Waals surface area contributed by atoms with Gasteiger partial charge in [0.25, 0.3) is 0 Å². The predicted molar refractivity (Wildman–Crippen MR) is 52.4 cm³/mol. The molecule has 1 aromatic carbocycles. The monoisotopic (exact) mass is 282 g/mol. The molecular formula is C8H6ClF6P. The van der Waals surface area contributed by atoms with Crippen molar-refractivity contribution in [2.75, 3.05) is 0 Å². The van der Waals surface area contributed by atoms with Crippen molar-refractivity contribution in [2.24, 2.45) is 0 Å². The molecule has 0 aliphatic heterocycles. The third-order valence-corrected chi connectivity index (χ3v) is 3.35. The summed E-state index contributed by atoms with van der Waals surface area (Å²) in [6, 6.07) is 5.35. The zero-order valence-corrected chi connectivity index (χ0v) is 9.22. The van der Waals surface area contributed by atoms with Crippen molar-refractivity contribution in [3.63, 3.8) is 0 Å². The van der Waals surface area contributed by atoms with Gasteiger partial charge in [-0.05, 0) is 5.30 Å². The van der Waals surface area contributed by atoms with Crippen LogP contribution in [0.5, 0.6) is 0 Å². The van der Waals surface area contributed by atoms with E-state index in [1.807, 2.05) is 0 Å². The molecule has 8 heteroatoms. The van der Waals surface area contributed by atoms with E-state index in [2.05, 4.69) is 0 Å². The van der Waals surface area contributed by atoms with Crippen molar-refractivity contribution in [3.05, 3.63) is 30.3 Å². The Morgan fingerprint density at radius 1 is 0.750 bits per heavy atom. The maximum absolute atomic E-state index is 12.2. The lowest BCUT2D eigenvalue weighted by Crippen LogP contribution is -2.25. The van der Waals surface area contributed by atoms with Gasteiger partial charge in [0.05, 0.1) is 0 Å². The highest BCUT2D eigenvalue weighted by atomic mass is 35.5. The van der Waals surface area contributed by atoms with Crippen LogP contribution in [0.25, 0.3) is 0 Å². The standard InChI is InChI=1S/C8H5F6P.ClH/c9-7(10,11)15(8(12,13)14)6-4-2-1-3-5-6;/h1-5H;1H. The number of rotatable bonds is 1. The average molecular weight is 283 g/mol. The van der Waals surface area contributed by atoms with E-state index in [0.29, 0.717) is 0 Å². The molecule has 0 saturated carbocycles. The van der Waals surface area contributed by atoms with Gasteiger partial charge < -0.3 is 0 Å². The fraction of sp³-hybridized carbons (Fsp3) is 0.250. The molecule has 16 heavy (non-hydrogen) atoms. The Balaban J connectivity index is 0.00000225. The molecule has 0 nitrogen and oxygen atoms in total. The Bertz CT molecular complexity index is 306. The van der Waals surface area contributed by atoms with Crippen LogP contribution < -0.4 is 5.30 Å². The molecule has 0 N–H and O–H groups in total. The summed E-state index contributed by atoms with van der Waals surface area (Å²) >= 11 is 0. The molecule has 0 spiro atoms. The average Bonchev–Trinajstić information content (AvgIpc) is 2.00. The Labute approximate surface area is 94.8 Å². The summed E-state index contributed by atoms with van der Waals surface area (Å²) in [6.45, 7) is 0. The lowest BCUT2D eigenvalue weighted by molar-refractivity contribution is -0.0811. The summed E-state index contributed by atoms with van der Waals surface area (Å²) in [7, 11) is -4.14. The van der Waals surface area contributed by atoms with E-state index in [-0.39, 0.29) is 12.4 Å². The van der Waals surface area contributed by atoms with Crippen LogP contribution in [-0.2, 0) is 0 Å². The Hall–Kier alpha value is -0.480. The largest absolute Gasteiger partial charge is 0.418 e. The van der Waals surface area contributed by atoms with E-state index in [4.69, 9.17) is 0 Å². The fourth-order valence-corrected chi connectivity index (χ4v) is 2.36. The van der Waals surface area contributed by atoms with Crippen molar-refractivity contribution in [2.45, 2.75) is 11.8 Å². The lowest BCUT2D eigenvalue weighted by Gasteiger charge is -2.22. The molecule has 0 amide bonds. The van der Waals surface area contributed by atoms with Gasteiger partial charge in [-0.15, -0.1) is 12.4 Å². The maximum atomic E-state index is 12.2. The molecule has 0 fully saturated rings. The first-order chi connectivity index (χ1) is 6.73. The highest BCUT2D eigenvalue weighted by Crippen LogP contribution is 2.63. The van der Waals surface area contributed by atoms with Gasteiger partial charge in [-0.25, -0.2) is 0 Å². The molecular weight excluding hydrogens is 277 g/mol. The zero-order valence-electron chi connectivity index (χ0n) is 7.51. The van der Waals surface area contributed by atoms with Crippen LogP contribution >= 0.6 is 20.3 Å². The second-order valence-corrected chi connectivity index (χ2v) is 4.81. The van der Waals surface area contributed by atoms with E-state index in [1.54, 1.807) is 0 Å². The fourth-order valence-electron chi connectivity index (χ4n) is 1.01. The third kappa shape index (κ3) is 3.83. The molecule has 0 unspecified atom stereocenters. The van der Waals surface area contributed by atoms with Crippen LogP contribution in [0.1, 0.15) is 0 Å². The predicted octanol–water partition coefficient (Wildman–Crippen LogP) is 4.26. The van der Waals surface area contributed by atoms with Gasteiger partial charge >= 0.3 is 11.8 Å². The van der Waals surface area contributed by atoms with Gasteiger partial charge in [0.2, 0.25) is 0 Å². The second-order valence-electron chi connectivity index (χ2n) is 2.61. The smallest absolute Gasteiger partial charge is 0.166 e. The number of halogens is 7. The molecule has 0 heterocycles. The van der Waals surface area contributed by atoms with Crippen LogP contribution in [0.15, 0.2) is 30.3 Å². The topological polar surface area (TPSA) is 0 Å². The van der Waals surface area contributed by atoms with Crippen LogP contribution in [0.4, 0.5) is 26.3 Å². The van der Waals surface area contributed by atoms with Gasteiger partial charge in [-0.1, -0.05) is 30.3 Å². The summed E-state index contributed by atoms with van der Waals surface area (Å²) < 4.78 is 73.3. The minimum atomic E-state index is -5.26. The molecule has 0 atom stereocenters. The van der Waals surface area contributed by atoms with Gasteiger partial charge in [0.15, 0.2) is 0 Å². The van der Waals surface area contributed by atoms with E-state index < -0.39 is 25.1 Å². The first-order valence-electron chi connectivity index (χ1n) is 3.72. The quantitative estimate of drug-likeness (QED) is 0.533. The Morgan fingerprint density at radius 3 is 1.44 bits per heavy atom. The van der Waals surface area contributed by atoms with Crippen LogP contribution in [0.2, 0.25) is 0 Å². The minimum Gasteiger partial charge on any atom is -0.166 e. The summed E-state index contributed by atoms with van der Waals surface area (Å²) in [5.41, 5.74) is 0.